The maximum absolute atomic E-state index is 14.9. The van der Waals surface area contributed by atoms with E-state index >= 15 is 0 Å². The van der Waals surface area contributed by atoms with E-state index in [4.69, 9.17) is 45.9 Å². The van der Waals surface area contributed by atoms with Crippen LogP contribution < -0.4 is 72.5 Å². The number of anilines is 4. The van der Waals surface area contributed by atoms with E-state index in [0.29, 0.717) is 38.9 Å². The van der Waals surface area contributed by atoms with Crippen LogP contribution in [0.5, 0.6) is 0 Å². The molecule has 708 valence electrons. The van der Waals surface area contributed by atoms with Crippen LogP contribution in [0.25, 0.3) is 45.0 Å². The SMILES string of the molecule is Cc1ccc(F)cc1C(=O)NCc1cc(F)c(-c2nn(C(C)C)c(N)c2C(N)=O)cc1F.Cc1ccc(F)cc1C(=O)NCc1ccc(-c2nn(C3CNCC3(F)F)c(N)c2C(N)=O)cc1.Cc1ccccc1C(=O)NCc1ccc(-c2nn(C3CN(C)CC3(F)F)c(N)c2C(N)=O)cc1.Cc1ccccc1C(=O)NCc1ccc(-c2nn(C3CN(C)CC3(F)F)c(N)c2C(N)=O)cc1F. The van der Waals surface area contributed by atoms with E-state index < -0.39 is 120 Å². The van der Waals surface area contributed by atoms with Crippen LogP contribution in [0, 0.1) is 56.8 Å². The molecule has 3 atom stereocenters. The summed E-state index contributed by atoms with van der Waals surface area (Å²) in [5.41, 5.74) is 51.7. The molecule has 3 saturated heterocycles. The molecule has 4 aromatic heterocycles. The molecule has 7 heterocycles. The van der Waals surface area contributed by atoms with Gasteiger partial charge in [0.2, 0.25) is 0 Å². The van der Waals surface area contributed by atoms with Crippen LogP contribution in [0.1, 0.15) is 165 Å². The van der Waals surface area contributed by atoms with Crippen LogP contribution in [0.2, 0.25) is 0 Å². The summed E-state index contributed by atoms with van der Waals surface area (Å²) in [6, 6.07) is 36.9. The Kier molecular flexibility index (Phi) is 29.5. The molecular weight excluding hydrogens is 1780 g/mol. The van der Waals surface area contributed by atoms with Crippen LogP contribution >= 0.6 is 0 Å². The molecule has 0 saturated carbocycles. The van der Waals surface area contributed by atoms with Crippen molar-refractivity contribution in [1.29, 1.82) is 0 Å². The number of likely N-dealkylation sites (N-methyl/N-ethyl adjacent to an activating group) is 2. The van der Waals surface area contributed by atoms with Gasteiger partial charge in [-0.25, -0.2) is 67.0 Å². The van der Waals surface area contributed by atoms with E-state index in [0.717, 1.165) is 55.0 Å². The van der Waals surface area contributed by atoms with Crippen LogP contribution in [-0.2, 0) is 26.2 Å². The molecule has 0 radical (unpaired) electrons. The van der Waals surface area contributed by atoms with Crippen molar-refractivity contribution in [2.45, 2.75) is 110 Å². The van der Waals surface area contributed by atoms with Crippen LogP contribution in [0.15, 0.2) is 164 Å². The van der Waals surface area contributed by atoms with Gasteiger partial charge in [0.25, 0.3) is 65.0 Å². The number of hydrogen-bond donors (Lipinski definition) is 13. The highest BCUT2D eigenvalue weighted by molar-refractivity contribution is 6.06. The minimum Gasteiger partial charge on any atom is -0.383 e. The van der Waals surface area contributed by atoms with Gasteiger partial charge in [0.15, 0.2) is 0 Å². The number of alkyl halides is 6. The number of nitrogens with zero attached hydrogens (tertiary/aromatic N) is 10. The monoisotopic (exact) mass is 1870 g/mol. The molecule has 8 amide bonds. The molecule has 3 aliphatic heterocycles. The first-order valence-electron chi connectivity index (χ1n) is 41.8. The third-order valence-corrected chi connectivity index (χ3v) is 22.9. The summed E-state index contributed by atoms with van der Waals surface area (Å²) in [5.74, 6) is -18.7. The van der Waals surface area contributed by atoms with Gasteiger partial charge in [0.05, 0.1) is 19.6 Å². The van der Waals surface area contributed by atoms with Gasteiger partial charge in [-0.3, -0.25) is 48.2 Å². The third-order valence-electron chi connectivity index (χ3n) is 22.9. The van der Waals surface area contributed by atoms with Crippen molar-refractivity contribution < 1.29 is 86.7 Å². The number of primary amides is 4. The Morgan fingerprint density at radius 3 is 1.14 bits per heavy atom. The number of halogens is 11. The third kappa shape index (κ3) is 21.7. The smallest absolute Gasteiger partial charge is 0.283 e. The number of nitrogens with one attached hydrogen (secondary N) is 5. The van der Waals surface area contributed by atoms with E-state index in [9.17, 15) is 86.7 Å². The second kappa shape index (κ2) is 40.4. The van der Waals surface area contributed by atoms with Crippen molar-refractivity contribution in [2.24, 2.45) is 22.9 Å². The number of likely N-dealkylation sites (tertiary alicyclic amines) is 2. The molecule has 12 aromatic rings. The zero-order valence-electron chi connectivity index (χ0n) is 74.0. The van der Waals surface area contributed by atoms with Gasteiger partial charge >= 0.3 is 0 Å². The second-order valence-electron chi connectivity index (χ2n) is 33.0. The Balaban J connectivity index is 0.000000162. The number of aryl methyl sites for hydroxylation is 4. The topological polar surface area (TPSA) is 483 Å². The molecule has 8 aromatic carbocycles. The Morgan fingerprint density at radius 2 is 0.763 bits per heavy atom. The Hall–Kier alpha value is -15.3. The molecular formula is C93H96F11N23O8. The van der Waals surface area contributed by atoms with Crippen LogP contribution in [-0.4, -0.2) is 167 Å². The number of aromatic nitrogens is 8. The molecule has 3 unspecified atom stereocenters. The lowest BCUT2D eigenvalue weighted by Crippen LogP contribution is -2.31. The second-order valence-corrected chi connectivity index (χ2v) is 33.0. The van der Waals surface area contributed by atoms with E-state index in [1.165, 1.54) is 64.0 Å². The lowest BCUT2D eigenvalue weighted by Gasteiger charge is -2.19. The molecule has 0 aliphatic carbocycles. The standard InChI is InChI=1S/C24H25F3N6O2.C24H26F2N6O2.C23H23F3N6O2.C22H22F3N5O2/c1-13-5-3-4-6-16(13)23(35)30-10-15-8-7-14(9-17(15)25)20-19(22(29)34)21(28)33(31-20)18-11-32(2)12-24(18,26)27;1-14-5-3-4-6-17(14)23(34)29-11-15-7-9-16(10-8-15)20-19(22(28)33)21(27)32(30-20)18-12-31(2)13-24(18,25)26;1-12-2-7-15(24)8-16(12)22(34)30-9-13-3-5-14(6-4-13)19-18(21(28)33)20(27)32(31-19)17-10-29-11-23(17,25)26;1-10(2)30-20(26)18(21(27)31)19(29-30)15-8-16(24)12(6-17(15)25)9-28-22(32)14-7-13(23)5-4-11(14)3/h3-9,18H,10-12,28H2,1-2H3,(H2,29,34)(H,30,35);3-10,18H,11-13,27H2,1-2H3,(H2,28,33)(H,29,34);2-8,17,29H,9-11,27H2,1H3,(H2,28,33)(H,30,34);4-8,10H,9,26H2,1-3H3,(H2,27,31)(H,28,32). The van der Waals surface area contributed by atoms with Gasteiger partial charge in [-0.05, 0) is 144 Å². The van der Waals surface area contributed by atoms with E-state index in [1.807, 2.05) is 25.1 Å². The maximum atomic E-state index is 14.9. The van der Waals surface area contributed by atoms with Gasteiger partial charge < -0.3 is 72.5 Å². The average Bonchev–Trinajstić information content (AvgIpc) is 1.61. The average molecular weight is 1870 g/mol. The number of amides is 8. The first kappa shape index (κ1) is 98.7. The quantitative estimate of drug-likeness (QED) is 0.0250. The molecule has 135 heavy (non-hydrogen) atoms. The molecule has 15 rings (SSSR count). The van der Waals surface area contributed by atoms with Gasteiger partial charge in [-0.2, -0.15) is 20.4 Å². The number of carbonyl (C=O) groups is 8. The Bertz CT molecular complexity index is 6580. The molecule has 0 spiro atoms. The minimum atomic E-state index is -3.13. The molecule has 3 aliphatic rings. The fourth-order valence-corrected chi connectivity index (χ4v) is 15.7. The van der Waals surface area contributed by atoms with Crippen molar-refractivity contribution in [3.05, 3.63) is 282 Å². The molecule has 21 N–H and O–H groups in total. The number of nitrogens with two attached hydrogens (primary N) is 8. The summed E-state index contributed by atoms with van der Waals surface area (Å²) in [7, 11) is 3.12. The Labute approximate surface area is 765 Å². The molecule has 0 bridgehead atoms. The largest absolute Gasteiger partial charge is 0.383 e. The fourth-order valence-electron chi connectivity index (χ4n) is 15.7. The molecule has 42 heteroatoms. The maximum Gasteiger partial charge on any atom is 0.283 e. The van der Waals surface area contributed by atoms with Crippen molar-refractivity contribution in [1.82, 2.24) is 75.5 Å². The summed E-state index contributed by atoms with van der Waals surface area (Å²) in [5, 5.41) is 30.1. The van der Waals surface area contributed by atoms with Crippen LogP contribution in [0.3, 0.4) is 0 Å². The number of benzene rings is 8. The molecule has 31 nitrogen and oxygen atoms in total. The predicted molar refractivity (Wildman–Crippen MR) is 482 cm³/mol. The number of rotatable bonds is 24. The lowest BCUT2D eigenvalue weighted by molar-refractivity contribution is -0.0238. The number of hydrogen-bond acceptors (Lipinski definition) is 19. The Morgan fingerprint density at radius 1 is 0.400 bits per heavy atom. The van der Waals surface area contributed by atoms with Crippen molar-refractivity contribution in [2.75, 3.05) is 76.3 Å². The normalized spacial score (nSPS) is 15.9. The summed E-state index contributed by atoms with van der Waals surface area (Å²) in [4.78, 5) is 101. The van der Waals surface area contributed by atoms with Crippen molar-refractivity contribution >= 4 is 70.5 Å². The van der Waals surface area contributed by atoms with Crippen molar-refractivity contribution in [3.8, 4) is 45.0 Å². The number of carbonyl (C=O) groups excluding carboxylic acids is 8. The summed E-state index contributed by atoms with van der Waals surface area (Å²) in [6.07, 6.45) is 0. The van der Waals surface area contributed by atoms with E-state index in [-0.39, 0.29) is 165 Å². The van der Waals surface area contributed by atoms with Crippen LogP contribution in [0.4, 0.5) is 71.6 Å². The lowest BCUT2D eigenvalue weighted by atomic mass is 10.0. The highest BCUT2D eigenvalue weighted by Crippen LogP contribution is 2.44. The first-order valence-corrected chi connectivity index (χ1v) is 41.8. The zero-order valence-corrected chi connectivity index (χ0v) is 74.0. The predicted octanol–water partition coefficient (Wildman–Crippen LogP) is 11.2. The van der Waals surface area contributed by atoms with Gasteiger partial charge in [0.1, 0.15) is 116 Å². The summed E-state index contributed by atoms with van der Waals surface area (Å²) in [6.45, 7) is 9.02. The highest BCUT2D eigenvalue weighted by atomic mass is 19.3. The number of nitrogen functional groups attached to an aromatic ring is 4. The fraction of sp³-hybridized carbons (Fsp3) is 0.269. The minimum absolute atomic E-state index is 0.0373. The van der Waals surface area contributed by atoms with Gasteiger partial charge in [-0.15, -0.1) is 0 Å². The van der Waals surface area contributed by atoms with E-state index in [1.54, 1.807) is 121 Å². The zero-order chi connectivity index (χ0) is 98.5. The van der Waals surface area contributed by atoms with E-state index in [2.05, 4.69) is 47.0 Å². The van der Waals surface area contributed by atoms with Gasteiger partial charge in [0, 0.05) is 107 Å². The van der Waals surface area contributed by atoms with Crippen molar-refractivity contribution in [3.63, 3.8) is 0 Å². The summed E-state index contributed by atoms with van der Waals surface area (Å²) >= 11 is 0. The molecule has 3 fully saturated rings. The van der Waals surface area contributed by atoms with Gasteiger partial charge in [-0.1, -0.05) is 109 Å². The highest BCUT2D eigenvalue weighted by Gasteiger charge is 2.52. The first-order chi connectivity index (χ1) is 63.7. The summed E-state index contributed by atoms with van der Waals surface area (Å²) < 4.78 is 162.